The first-order valence-corrected chi connectivity index (χ1v) is 7.56. The molecule has 0 radical (unpaired) electrons. The number of carbonyl (C=O) groups is 1. The van der Waals surface area contributed by atoms with Crippen LogP contribution in [0.2, 0.25) is 0 Å². The second-order valence-electron chi connectivity index (χ2n) is 5.37. The van der Waals surface area contributed by atoms with Gasteiger partial charge < -0.3 is 10.6 Å². The van der Waals surface area contributed by atoms with Crippen molar-refractivity contribution in [3.05, 3.63) is 0 Å². The van der Waals surface area contributed by atoms with Crippen LogP contribution in [0, 0.1) is 0 Å². The second-order valence-corrected chi connectivity index (χ2v) is 8.02. The predicted octanol–water partition coefficient (Wildman–Crippen LogP) is 0.314. The Kier molecular flexibility index (Phi) is 5.16. The molecular weight excluding hydrogens is 240 g/mol. The average Bonchev–Trinajstić information content (AvgIpc) is 2.12. The molecule has 0 saturated carbocycles. The smallest absolute Gasteiger partial charge is 0.239 e. The van der Waals surface area contributed by atoms with Gasteiger partial charge in [0.05, 0.1) is 10.3 Å². The number of nitrogens with one attached hydrogen (secondary N) is 2. The summed E-state index contributed by atoms with van der Waals surface area (Å²) < 4.78 is 22.0. The molecule has 0 atom stereocenters. The molecule has 0 saturated heterocycles. The number of hydrogen-bond donors (Lipinski definition) is 2. The van der Waals surface area contributed by atoms with E-state index in [1.54, 1.807) is 27.7 Å². The van der Waals surface area contributed by atoms with E-state index >= 15 is 0 Å². The van der Waals surface area contributed by atoms with E-state index in [-0.39, 0.29) is 12.5 Å². The number of likely N-dealkylation sites (N-methyl/N-ethyl adjacent to an activating group) is 1. The van der Waals surface area contributed by atoms with Crippen LogP contribution in [-0.2, 0) is 14.6 Å². The van der Waals surface area contributed by atoms with Crippen LogP contribution in [0.25, 0.3) is 0 Å². The van der Waals surface area contributed by atoms with Gasteiger partial charge in [0, 0.05) is 12.8 Å². The van der Waals surface area contributed by atoms with Crippen LogP contribution in [0.4, 0.5) is 0 Å². The molecule has 0 bridgehead atoms. The van der Waals surface area contributed by atoms with Gasteiger partial charge in [-0.3, -0.25) is 4.79 Å². The van der Waals surface area contributed by atoms with E-state index in [1.807, 2.05) is 6.92 Å². The first kappa shape index (κ1) is 16.4. The minimum Gasteiger partial charge on any atom is -0.353 e. The number of carbonyl (C=O) groups excluding carboxylic acids is 1. The molecule has 0 aromatic carbocycles. The third kappa shape index (κ3) is 4.63. The largest absolute Gasteiger partial charge is 0.353 e. The van der Waals surface area contributed by atoms with E-state index in [4.69, 9.17) is 0 Å². The van der Waals surface area contributed by atoms with Crippen molar-refractivity contribution in [3.8, 4) is 0 Å². The second kappa shape index (κ2) is 5.35. The van der Waals surface area contributed by atoms with Crippen molar-refractivity contribution >= 4 is 15.7 Å². The molecule has 0 aromatic heterocycles. The maximum Gasteiger partial charge on any atom is 0.239 e. The Morgan fingerprint density at radius 3 is 2.00 bits per heavy atom. The van der Waals surface area contributed by atoms with Crippen LogP contribution in [0.5, 0.6) is 0 Å². The lowest BCUT2D eigenvalue weighted by Crippen LogP contribution is -2.55. The molecule has 0 aliphatic carbocycles. The molecule has 102 valence electrons. The molecular formula is C11H24N2O3S. The zero-order valence-corrected chi connectivity index (χ0v) is 12.4. The van der Waals surface area contributed by atoms with Gasteiger partial charge in [0.2, 0.25) is 5.91 Å². The van der Waals surface area contributed by atoms with Gasteiger partial charge >= 0.3 is 0 Å². The third-order valence-electron chi connectivity index (χ3n) is 2.86. The summed E-state index contributed by atoms with van der Waals surface area (Å²) >= 11 is 0. The van der Waals surface area contributed by atoms with E-state index in [1.165, 1.54) is 6.26 Å². The maximum atomic E-state index is 11.9. The van der Waals surface area contributed by atoms with Crippen LogP contribution in [-0.4, -0.2) is 44.0 Å². The van der Waals surface area contributed by atoms with E-state index < -0.39 is 20.1 Å². The first-order chi connectivity index (χ1) is 7.44. The van der Waals surface area contributed by atoms with E-state index in [9.17, 15) is 13.2 Å². The fraction of sp³-hybridized carbons (Fsp3) is 0.909. The molecule has 6 heteroatoms. The van der Waals surface area contributed by atoms with E-state index in [0.717, 1.165) is 0 Å². The molecule has 0 unspecified atom stereocenters. The Balaban J connectivity index is 4.55. The highest BCUT2D eigenvalue weighted by Gasteiger charge is 2.33. The summed E-state index contributed by atoms with van der Waals surface area (Å²) in [4.78, 5) is 11.9. The number of sulfone groups is 1. The molecule has 0 aromatic rings. The zero-order valence-electron chi connectivity index (χ0n) is 11.5. The van der Waals surface area contributed by atoms with Crippen molar-refractivity contribution in [2.45, 2.75) is 44.9 Å². The zero-order chi connectivity index (χ0) is 13.9. The molecule has 0 heterocycles. The highest BCUT2D eigenvalue weighted by Crippen LogP contribution is 2.14. The van der Waals surface area contributed by atoms with Crippen molar-refractivity contribution < 1.29 is 13.2 Å². The maximum absolute atomic E-state index is 11.9. The summed E-state index contributed by atoms with van der Waals surface area (Å²) in [5.41, 5.74) is -0.692. The van der Waals surface area contributed by atoms with Crippen LogP contribution in [0.15, 0.2) is 0 Å². The summed E-state index contributed by atoms with van der Waals surface area (Å²) in [7, 11) is -3.19. The monoisotopic (exact) mass is 264 g/mol. The lowest BCUT2D eigenvalue weighted by atomic mass is 10.0. The average molecular weight is 264 g/mol. The Morgan fingerprint density at radius 1 is 1.18 bits per heavy atom. The summed E-state index contributed by atoms with van der Waals surface area (Å²) in [5.74, 6) is -0.198. The summed E-state index contributed by atoms with van der Waals surface area (Å²) in [6.07, 6.45) is 1.18. The minimum absolute atomic E-state index is 0.111. The van der Waals surface area contributed by atoms with Crippen molar-refractivity contribution in [2.24, 2.45) is 0 Å². The van der Waals surface area contributed by atoms with Crippen molar-refractivity contribution in [3.63, 3.8) is 0 Å². The van der Waals surface area contributed by atoms with Crippen LogP contribution in [0.3, 0.4) is 0 Å². The standard InChI is InChI=1S/C11H24N2O3S/c1-7-13-11(4,5)9(14)12-8-10(2,3)17(6,15)16/h13H,7-8H2,1-6H3,(H,12,14). The molecule has 0 aliphatic heterocycles. The summed E-state index contributed by atoms with van der Waals surface area (Å²) in [6.45, 7) is 9.43. The van der Waals surface area contributed by atoms with E-state index in [2.05, 4.69) is 10.6 Å². The molecule has 0 aliphatic rings. The Labute approximate surface area is 104 Å². The van der Waals surface area contributed by atoms with E-state index in [0.29, 0.717) is 6.54 Å². The van der Waals surface area contributed by atoms with Crippen molar-refractivity contribution in [1.82, 2.24) is 10.6 Å². The lowest BCUT2D eigenvalue weighted by Gasteiger charge is -2.28. The summed E-state index contributed by atoms with van der Waals surface area (Å²) in [6, 6.07) is 0. The van der Waals surface area contributed by atoms with Gasteiger partial charge in [-0.1, -0.05) is 6.92 Å². The summed E-state index contributed by atoms with van der Waals surface area (Å²) in [5, 5.41) is 5.71. The van der Waals surface area contributed by atoms with Gasteiger partial charge in [0.1, 0.15) is 0 Å². The first-order valence-electron chi connectivity index (χ1n) is 5.67. The minimum atomic E-state index is -3.19. The van der Waals surface area contributed by atoms with Crippen LogP contribution < -0.4 is 10.6 Å². The molecule has 5 nitrogen and oxygen atoms in total. The number of rotatable bonds is 6. The highest BCUT2D eigenvalue weighted by molar-refractivity contribution is 7.92. The van der Waals surface area contributed by atoms with Crippen molar-refractivity contribution in [2.75, 3.05) is 19.3 Å². The van der Waals surface area contributed by atoms with Gasteiger partial charge in [-0.15, -0.1) is 0 Å². The molecule has 0 rings (SSSR count). The van der Waals surface area contributed by atoms with Gasteiger partial charge in [0.15, 0.2) is 9.84 Å². The van der Waals surface area contributed by atoms with Crippen LogP contribution >= 0.6 is 0 Å². The fourth-order valence-electron chi connectivity index (χ4n) is 1.17. The van der Waals surface area contributed by atoms with Gasteiger partial charge in [0.25, 0.3) is 0 Å². The number of hydrogen-bond acceptors (Lipinski definition) is 4. The molecule has 0 spiro atoms. The Morgan fingerprint density at radius 2 is 1.65 bits per heavy atom. The molecule has 1 amide bonds. The lowest BCUT2D eigenvalue weighted by molar-refractivity contribution is -0.126. The normalized spacial score (nSPS) is 13.5. The Hall–Kier alpha value is -0.620. The molecule has 2 N–H and O–H groups in total. The predicted molar refractivity (Wildman–Crippen MR) is 69.7 cm³/mol. The third-order valence-corrected chi connectivity index (χ3v) is 5.02. The van der Waals surface area contributed by atoms with Crippen LogP contribution in [0.1, 0.15) is 34.6 Å². The topological polar surface area (TPSA) is 75.3 Å². The number of amides is 1. The highest BCUT2D eigenvalue weighted by atomic mass is 32.2. The van der Waals surface area contributed by atoms with Crippen molar-refractivity contribution in [1.29, 1.82) is 0 Å². The molecule has 0 fully saturated rings. The molecule has 17 heavy (non-hydrogen) atoms. The Bertz CT molecular complexity index is 372. The SMILES string of the molecule is CCNC(C)(C)C(=O)NCC(C)(C)S(C)(=O)=O. The van der Waals surface area contributed by atoms with Gasteiger partial charge in [-0.05, 0) is 34.2 Å². The van der Waals surface area contributed by atoms with Gasteiger partial charge in [-0.2, -0.15) is 0 Å². The van der Waals surface area contributed by atoms with Gasteiger partial charge in [-0.25, -0.2) is 8.42 Å². The fourth-order valence-corrected chi connectivity index (χ4v) is 1.50. The quantitative estimate of drug-likeness (QED) is 0.724.